The molecule has 0 radical (unpaired) electrons. The largest absolute Gasteiger partial charge is 0.671 e. The van der Waals surface area contributed by atoms with Crippen molar-refractivity contribution < 1.29 is 18.8 Å². The van der Waals surface area contributed by atoms with Gasteiger partial charge in [0, 0.05) is 0 Å². The van der Waals surface area contributed by atoms with Crippen LogP contribution in [0.2, 0.25) is 0 Å². The van der Waals surface area contributed by atoms with Gasteiger partial charge in [-0.3, -0.25) is 0 Å². The predicted molar refractivity (Wildman–Crippen MR) is 39.9 cm³/mol. The quantitative estimate of drug-likeness (QED) is 0.313. The van der Waals surface area contributed by atoms with Gasteiger partial charge in [0.25, 0.3) is 0 Å². The van der Waals surface area contributed by atoms with Crippen LogP contribution in [0.4, 0.5) is 0 Å². The molecule has 0 aromatic rings. The van der Waals surface area contributed by atoms with Gasteiger partial charge in [0.2, 0.25) is 0 Å². The van der Waals surface area contributed by atoms with Crippen LogP contribution in [0.5, 0.6) is 0 Å². The lowest BCUT2D eigenvalue weighted by molar-refractivity contribution is 0.0746. The Kier molecular flexibility index (Phi) is 6.34. The molecule has 0 aromatic carbocycles. The average molecular weight is 168 g/mol. The van der Waals surface area contributed by atoms with Gasteiger partial charge >= 0.3 is 9.05 Å². The van der Waals surface area contributed by atoms with Crippen molar-refractivity contribution in [1.29, 1.82) is 0 Å². The summed E-state index contributed by atoms with van der Waals surface area (Å²) >= 11 is 0. The van der Waals surface area contributed by atoms with Gasteiger partial charge in [0.05, 0.1) is 6.61 Å². The summed E-state index contributed by atoms with van der Waals surface area (Å²) in [6, 6.07) is 0. The summed E-state index contributed by atoms with van der Waals surface area (Å²) in [7, 11) is -4.25. The van der Waals surface area contributed by atoms with Gasteiger partial charge in [-0.1, -0.05) is 6.08 Å². The van der Waals surface area contributed by atoms with Crippen LogP contribution in [0.15, 0.2) is 12.7 Å². The van der Waals surface area contributed by atoms with Crippen LogP contribution in [0.1, 0.15) is 0 Å². The third-order valence-corrected chi connectivity index (χ3v) is 0.949. The fraction of sp³-hybridized carbons (Fsp3) is 0.333. The van der Waals surface area contributed by atoms with E-state index in [-0.39, 0.29) is 17.6 Å². The van der Waals surface area contributed by atoms with Crippen molar-refractivity contribution in [2.45, 2.75) is 0 Å². The molecule has 0 unspecified atom stereocenters. The second kappa shape index (κ2) is 4.85. The van der Waals surface area contributed by atoms with Gasteiger partial charge in [0.15, 0.2) is 0 Å². The van der Waals surface area contributed by atoms with Gasteiger partial charge in [0.1, 0.15) is 0 Å². The van der Waals surface area contributed by atoms with Crippen LogP contribution in [-0.2, 0) is 4.43 Å². The third kappa shape index (κ3) is 11.5. The first kappa shape index (κ1) is 11.8. The van der Waals surface area contributed by atoms with E-state index in [4.69, 9.17) is 14.4 Å². The second-order valence-electron chi connectivity index (χ2n) is 1.17. The van der Waals surface area contributed by atoms with E-state index in [0.717, 1.165) is 0 Å². The molecule has 0 saturated carbocycles. The summed E-state index contributed by atoms with van der Waals surface area (Å²) in [6.07, 6.45) is 1.31. The third-order valence-electron chi connectivity index (χ3n) is 0.395. The lowest BCUT2D eigenvalue weighted by Gasteiger charge is -2.05. The molecule has 0 saturated heterocycles. The molecule has 0 amide bonds. The maximum atomic E-state index is 8.13. The molecule has 0 heterocycles. The van der Waals surface area contributed by atoms with Crippen LogP contribution in [0, 0.1) is 0 Å². The van der Waals surface area contributed by atoms with Crippen LogP contribution >= 0.6 is 0 Å². The molecule has 6 heteroatoms. The molecule has 4 nitrogen and oxygen atoms in total. The summed E-state index contributed by atoms with van der Waals surface area (Å²) < 4.78 is 4.07. The molecule has 0 aliphatic carbocycles. The zero-order chi connectivity index (χ0) is 6.62. The molecule has 0 atom stereocenters. The van der Waals surface area contributed by atoms with Crippen molar-refractivity contribution >= 4 is 20.0 Å². The molecule has 0 aromatic heterocycles. The van der Waals surface area contributed by atoms with E-state index < -0.39 is 9.05 Å². The van der Waals surface area contributed by atoms with Crippen LogP contribution in [0.3, 0.4) is 0 Å². The molecule has 56 valence electrons. The van der Waals surface area contributed by atoms with Crippen molar-refractivity contribution in [2.75, 3.05) is 6.61 Å². The molecule has 0 spiro atoms. The van der Waals surface area contributed by atoms with Crippen LogP contribution in [0.25, 0.3) is 0 Å². The Morgan fingerprint density at radius 2 is 1.89 bits per heavy atom. The highest BCUT2D eigenvalue weighted by Gasteiger charge is 2.29. The lowest BCUT2D eigenvalue weighted by Crippen LogP contribution is -2.38. The molecule has 0 rings (SSSR count). The molecular weight excluding hydrogens is 156 g/mol. The first-order valence-corrected chi connectivity index (χ1v) is 3.73. The first-order valence-electron chi connectivity index (χ1n) is 1.98. The maximum absolute atomic E-state index is 8.13. The molecule has 0 fully saturated rings. The summed E-state index contributed by atoms with van der Waals surface area (Å²) in [4.78, 5) is 24.4. The van der Waals surface area contributed by atoms with E-state index in [9.17, 15) is 0 Å². The second-order valence-corrected chi connectivity index (χ2v) is 2.61. The standard InChI is InChI=1S/C3H8O4Si.H4Si/c1-2-3-7-8(4,5)6;/h2,4-6H,1,3H2;1H4. The van der Waals surface area contributed by atoms with E-state index in [0.29, 0.717) is 0 Å². The number of rotatable bonds is 3. The van der Waals surface area contributed by atoms with Gasteiger partial charge in [-0.25, -0.2) is 0 Å². The minimum atomic E-state index is -4.25. The summed E-state index contributed by atoms with van der Waals surface area (Å²) in [5.41, 5.74) is 0. The summed E-state index contributed by atoms with van der Waals surface area (Å²) in [5, 5.41) is 0. The van der Waals surface area contributed by atoms with Gasteiger partial charge in [-0.15, -0.1) is 6.58 Å². The summed E-state index contributed by atoms with van der Waals surface area (Å²) in [6.45, 7) is 3.18. The minimum Gasteiger partial charge on any atom is -0.368 e. The van der Waals surface area contributed by atoms with Crippen molar-refractivity contribution in [2.24, 2.45) is 0 Å². The Bertz CT molecular complexity index is 78.4. The van der Waals surface area contributed by atoms with Crippen molar-refractivity contribution in [3.63, 3.8) is 0 Å². The van der Waals surface area contributed by atoms with Crippen molar-refractivity contribution in [3.8, 4) is 0 Å². The minimum absolute atomic E-state index is 0. The maximum Gasteiger partial charge on any atom is 0.671 e. The Morgan fingerprint density at radius 3 is 2.00 bits per heavy atom. The van der Waals surface area contributed by atoms with E-state index >= 15 is 0 Å². The predicted octanol–water partition coefficient (Wildman–Crippen LogP) is -2.85. The van der Waals surface area contributed by atoms with E-state index in [2.05, 4.69) is 11.0 Å². The van der Waals surface area contributed by atoms with Gasteiger partial charge < -0.3 is 18.8 Å². The Balaban J connectivity index is 0. The zero-order valence-electron chi connectivity index (χ0n) is 4.24. The number of hydrogen-bond donors (Lipinski definition) is 3. The van der Waals surface area contributed by atoms with E-state index in [1.54, 1.807) is 0 Å². The molecule has 9 heavy (non-hydrogen) atoms. The van der Waals surface area contributed by atoms with Crippen LogP contribution in [-0.4, -0.2) is 41.0 Å². The highest BCUT2D eigenvalue weighted by Crippen LogP contribution is 1.86. The molecular formula is C3H12O4Si2. The van der Waals surface area contributed by atoms with Crippen molar-refractivity contribution in [1.82, 2.24) is 0 Å². The smallest absolute Gasteiger partial charge is 0.368 e. The average Bonchev–Trinajstić information content (AvgIpc) is 1.59. The normalized spacial score (nSPS) is 10.1. The molecule has 0 aliphatic rings. The van der Waals surface area contributed by atoms with Gasteiger partial charge in [-0.05, 0) is 11.0 Å². The highest BCUT2D eigenvalue weighted by atomic mass is 28.4. The first-order chi connectivity index (χ1) is 3.56. The fourth-order valence-corrected chi connectivity index (χ4v) is 0.512. The number of hydrogen-bond acceptors (Lipinski definition) is 4. The molecule has 0 aliphatic heterocycles. The van der Waals surface area contributed by atoms with E-state index in [1.807, 2.05) is 0 Å². The molecule has 0 bridgehead atoms. The Hall–Kier alpha value is 0.0138. The van der Waals surface area contributed by atoms with Gasteiger partial charge in [-0.2, -0.15) is 0 Å². The molecule has 3 N–H and O–H groups in total. The highest BCUT2D eigenvalue weighted by molar-refractivity contribution is 6.48. The summed E-state index contributed by atoms with van der Waals surface area (Å²) in [5.74, 6) is 0. The fourth-order valence-electron chi connectivity index (χ4n) is 0.171. The van der Waals surface area contributed by atoms with Crippen molar-refractivity contribution in [3.05, 3.63) is 12.7 Å². The Morgan fingerprint density at radius 1 is 1.44 bits per heavy atom. The Labute approximate surface area is 58.9 Å². The monoisotopic (exact) mass is 168 g/mol. The topological polar surface area (TPSA) is 69.9 Å². The van der Waals surface area contributed by atoms with E-state index in [1.165, 1.54) is 6.08 Å². The van der Waals surface area contributed by atoms with Crippen LogP contribution < -0.4 is 0 Å². The zero-order valence-corrected chi connectivity index (χ0v) is 5.24. The SMILES string of the molecule is C=CCO[Si](O)(O)O.[SiH4]. The lowest BCUT2D eigenvalue weighted by atomic mass is 10.7.